The highest BCUT2D eigenvalue weighted by molar-refractivity contribution is 6.26. The van der Waals surface area contributed by atoms with Gasteiger partial charge in [-0.1, -0.05) is 42.5 Å². The SMILES string of the molecule is CC1C(=O)C(C(=O)Nc2ccccc2F)C(=O)N1Cc1ccccc1. The van der Waals surface area contributed by atoms with E-state index in [9.17, 15) is 18.8 Å². The van der Waals surface area contributed by atoms with Gasteiger partial charge in [-0.25, -0.2) is 4.39 Å². The lowest BCUT2D eigenvalue weighted by atomic mass is 10.0. The minimum atomic E-state index is -1.45. The Morgan fingerprint density at radius 2 is 1.72 bits per heavy atom. The van der Waals surface area contributed by atoms with Crippen molar-refractivity contribution >= 4 is 23.3 Å². The van der Waals surface area contributed by atoms with E-state index in [2.05, 4.69) is 5.32 Å². The molecular formula is C19H17FN2O3. The highest BCUT2D eigenvalue weighted by Gasteiger charge is 2.48. The first-order valence-electron chi connectivity index (χ1n) is 7.92. The van der Waals surface area contributed by atoms with Gasteiger partial charge < -0.3 is 10.2 Å². The smallest absolute Gasteiger partial charge is 0.244 e. The van der Waals surface area contributed by atoms with E-state index in [4.69, 9.17) is 0 Å². The summed E-state index contributed by atoms with van der Waals surface area (Å²) >= 11 is 0. The van der Waals surface area contributed by atoms with Crippen LogP contribution in [0.15, 0.2) is 54.6 Å². The average molecular weight is 340 g/mol. The van der Waals surface area contributed by atoms with Crippen LogP contribution in [0.4, 0.5) is 10.1 Å². The Morgan fingerprint density at radius 3 is 2.40 bits per heavy atom. The Kier molecular flexibility index (Phi) is 4.61. The zero-order chi connectivity index (χ0) is 18.0. The van der Waals surface area contributed by atoms with Gasteiger partial charge in [-0.05, 0) is 24.6 Å². The molecule has 25 heavy (non-hydrogen) atoms. The third-order valence-electron chi connectivity index (χ3n) is 4.28. The summed E-state index contributed by atoms with van der Waals surface area (Å²) in [5, 5.41) is 2.34. The predicted octanol–water partition coefficient (Wildman–Crippen LogP) is 2.38. The maximum absolute atomic E-state index is 13.7. The molecule has 5 nitrogen and oxygen atoms in total. The van der Waals surface area contributed by atoms with Crippen molar-refractivity contribution in [3.05, 3.63) is 66.0 Å². The van der Waals surface area contributed by atoms with Crippen molar-refractivity contribution in [2.45, 2.75) is 19.5 Å². The fourth-order valence-electron chi connectivity index (χ4n) is 2.88. The van der Waals surface area contributed by atoms with Gasteiger partial charge in [0.15, 0.2) is 11.7 Å². The predicted molar refractivity (Wildman–Crippen MR) is 90.0 cm³/mol. The van der Waals surface area contributed by atoms with Gasteiger partial charge in [0.2, 0.25) is 11.8 Å². The van der Waals surface area contributed by atoms with Crippen LogP contribution in [0.25, 0.3) is 0 Å². The number of carbonyl (C=O) groups is 3. The Hall–Kier alpha value is -3.02. The number of Topliss-reactive ketones (excluding diaryl/α,β-unsaturated/α-hetero) is 1. The summed E-state index contributed by atoms with van der Waals surface area (Å²) in [5.74, 6) is -3.91. The first-order chi connectivity index (χ1) is 12.0. The van der Waals surface area contributed by atoms with E-state index in [1.54, 1.807) is 13.0 Å². The molecule has 1 N–H and O–H groups in total. The van der Waals surface area contributed by atoms with Crippen LogP contribution >= 0.6 is 0 Å². The molecule has 1 aliphatic rings. The number of rotatable bonds is 4. The standard InChI is InChI=1S/C19H17FN2O3/c1-12-17(23)16(18(24)21-15-10-6-5-9-14(15)20)19(25)22(12)11-13-7-3-2-4-8-13/h2-10,12,16H,11H2,1H3,(H,21,24). The first-order valence-corrected chi connectivity index (χ1v) is 7.92. The van der Waals surface area contributed by atoms with Gasteiger partial charge >= 0.3 is 0 Å². The molecule has 0 saturated carbocycles. The number of carbonyl (C=O) groups excluding carboxylic acids is 3. The van der Waals surface area contributed by atoms with Crippen molar-refractivity contribution in [1.82, 2.24) is 4.90 Å². The largest absolute Gasteiger partial charge is 0.327 e. The number of benzene rings is 2. The van der Waals surface area contributed by atoms with E-state index < -0.39 is 35.4 Å². The molecule has 1 heterocycles. The molecule has 3 rings (SSSR count). The van der Waals surface area contributed by atoms with Crippen molar-refractivity contribution in [3.8, 4) is 0 Å². The van der Waals surface area contributed by atoms with E-state index in [0.717, 1.165) is 5.56 Å². The molecular weight excluding hydrogens is 323 g/mol. The summed E-state index contributed by atoms with van der Waals surface area (Å²) < 4.78 is 13.7. The minimum Gasteiger partial charge on any atom is -0.327 e. The summed E-state index contributed by atoms with van der Waals surface area (Å²) in [6.45, 7) is 1.84. The van der Waals surface area contributed by atoms with Gasteiger partial charge in [0.1, 0.15) is 5.82 Å². The lowest BCUT2D eigenvalue weighted by Gasteiger charge is -2.20. The summed E-state index contributed by atoms with van der Waals surface area (Å²) in [6.07, 6.45) is 0. The fourth-order valence-corrected chi connectivity index (χ4v) is 2.88. The van der Waals surface area contributed by atoms with Gasteiger partial charge in [0.25, 0.3) is 0 Å². The summed E-state index contributed by atoms with van der Waals surface area (Å²) in [6, 6.07) is 14.1. The maximum atomic E-state index is 13.7. The summed E-state index contributed by atoms with van der Waals surface area (Å²) in [7, 11) is 0. The number of amides is 2. The maximum Gasteiger partial charge on any atom is 0.244 e. The normalized spacial score (nSPS) is 20.0. The van der Waals surface area contributed by atoms with Crippen LogP contribution in [0.3, 0.4) is 0 Å². The van der Waals surface area contributed by atoms with Crippen LogP contribution in [-0.2, 0) is 20.9 Å². The number of halogens is 1. The van der Waals surface area contributed by atoms with Crippen LogP contribution in [0.1, 0.15) is 12.5 Å². The zero-order valence-electron chi connectivity index (χ0n) is 13.6. The Balaban J connectivity index is 1.78. The zero-order valence-corrected chi connectivity index (χ0v) is 13.6. The van der Waals surface area contributed by atoms with Crippen molar-refractivity contribution in [1.29, 1.82) is 0 Å². The van der Waals surface area contributed by atoms with Crippen molar-refractivity contribution in [2.24, 2.45) is 5.92 Å². The third-order valence-corrected chi connectivity index (χ3v) is 4.28. The molecule has 6 heteroatoms. The second-order valence-electron chi connectivity index (χ2n) is 5.93. The summed E-state index contributed by atoms with van der Waals surface area (Å²) in [5.41, 5.74) is 0.813. The average Bonchev–Trinajstić information content (AvgIpc) is 2.81. The van der Waals surface area contributed by atoms with Crippen molar-refractivity contribution in [3.63, 3.8) is 0 Å². The quantitative estimate of drug-likeness (QED) is 0.869. The van der Waals surface area contributed by atoms with Gasteiger partial charge in [-0.3, -0.25) is 14.4 Å². The van der Waals surface area contributed by atoms with E-state index in [0.29, 0.717) is 0 Å². The monoisotopic (exact) mass is 340 g/mol. The molecule has 2 atom stereocenters. The Morgan fingerprint density at radius 1 is 1.08 bits per heavy atom. The van der Waals surface area contributed by atoms with E-state index in [1.807, 2.05) is 30.3 Å². The number of hydrogen-bond donors (Lipinski definition) is 1. The molecule has 1 aliphatic heterocycles. The molecule has 0 spiro atoms. The lowest BCUT2D eigenvalue weighted by molar-refractivity contribution is -0.138. The Bertz CT molecular complexity index is 822. The molecule has 2 aromatic rings. The molecule has 1 saturated heterocycles. The molecule has 0 aliphatic carbocycles. The minimum absolute atomic E-state index is 0.0535. The number of ketones is 1. The number of nitrogens with one attached hydrogen (secondary N) is 1. The molecule has 2 amide bonds. The first kappa shape index (κ1) is 16.8. The van der Waals surface area contributed by atoms with Gasteiger partial charge in [0.05, 0.1) is 11.7 Å². The highest BCUT2D eigenvalue weighted by atomic mass is 19.1. The second-order valence-corrected chi connectivity index (χ2v) is 5.93. The molecule has 0 radical (unpaired) electrons. The fraction of sp³-hybridized carbons (Fsp3) is 0.211. The van der Waals surface area contributed by atoms with Crippen molar-refractivity contribution in [2.75, 3.05) is 5.32 Å². The van der Waals surface area contributed by atoms with Crippen LogP contribution in [0.2, 0.25) is 0 Å². The summed E-state index contributed by atoms with van der Waals surface area (Å²) in [4.78, 5) is 38.8. The molecule has 0 aromatic heterocycles. The molecule has 1 fully saturated rings. The number of para-hydroxylation sites is 1. The number of anilines is 1. The van der Waals surface area contributed by atoms with Gasteiger partial charge in [-0.15, -0.1) is 0 Å². The topological polar surface area (TPSA) is 66.5 Å². The van der Waals surface area contributed by atoms with Gasteiger partial charge in [-0.2, -0.15) is 0 Å². The van der Waals surface area contributed by atoms with E-state index in [1.165, 1.54) is 23.1 Å². The highest BCUT2D eigenvalue weighted by Crippen LogP contribution is 2.25. The molecule has 2 unspecified atom stereocenters. The van der Waals surface area contributed by atoms with E-state index in [-0.39, 0.29) is 12.2 Å². The third kappa shape index (κ3) is 3.28. The number of nitrogens with zero attached hydrogens (tertiary/aromatic N) is 1. The number of hydrogen-bond acceptors (Lipinski definition) is 3. The van der Waals surface area contributed by atoms with Crippen LogP contribution in [0.5, 0.6) is 0 Å². The number of likely N-dealkylation sites (tertiary alicyclic amines) is 1. The Labute approximate surface area is 144 Å². The van der Waals surface area contributed by atoms with Crippen molar-refractivity contribution < 1.29 is 18.8 Å². The second kappa shape index (κ2) is 6.84. The van der Waals surface area contributed by atoms with Crippen LogP contribution in [0, 0.1) is 11.7 Å². The molecule has 128 valence electrons. The van der Waals surface area contributed by atoms with Crippen LogP contribution in [-0.4, -0.2) is 28.5 Å². The van der Waals surface area contributed by atoms with Gasteiger partial charge in [0, 0.05) is 6.54 Å². The molecule has 0 bridgehead atoms. The molecule has 2 aromatic carbocycles. The van der Waals surface area contributed by atoms with Crippen LogP contribution < -0.4 is 5.32 Å². The lowest BCUT2D eigenvalue weighted by Crippen LogP contribution is -2.34. The van der Waals surface area contributed by atoms with E-state index >= 15 is 0 Å².